The zero-order valence-corrected chi connectivity index (χ0v) is 14.6. The standard InChI is InChI=1S/C18H26FN3O2/c1-4-22(5-2)9-11-24-10-8-20-18(23)17-13(3)21-16-7-6-14(19)12-15(16)17/h6-7,12,21H,4-5,8-11H2,1-3H3,(H,20,23). The highest BCUT2D eigenvalue weighted by Gasteiger charge is 2.16. The number of hydrogen-bond donors (Lipinski definition) is 2. The molecule has 24 heavy (non-hydrogen) atoms. The van der Waals surface area contributed by atoms with Crippen LogP contribution < -0.4 is 5.32 Å². The molecule has 0 saturated heterocycles. The van der Waals surface area contributed by atoms with Gasteiger partial charge in [0.25, 0.3) is 5.91 Å². The second kappa shape index (κ2) is 8.80. The number of nitrogens with one attached hydrogen (secondary N) is 2. The molecule has 0 radical (unpaired) electrons. The molecule has 0 atom stereocenters. The average Bonchev–Trinajstić information content (AvgIpc) is 2.89. The van der Waals surface area contributed by atoms with Gasteiger partial charge in [-0.2, -0.15) is 0 Å². The molecule has 0 fully saturated rings. The molecule has 5 nitrogen and oxygen atoms in total. The molecule has 2 N–H and O–H groups in total. The summed E-state index contributed by atoms with van der Waals surface area (Å²) in [5, 5.41) is 3.44. The van der Waals surface area contributed by atoms with Gasteiger partial charge < -0.3 is 19.9 Å². The van der Waals surface area contributed by atoms with E-state index in [0.717, 1.165) is 30.8 Å². The van der Waals surface area contributed by atoms with Gasteiger partial charge in [-0.3, -0.25) is 4.79 Å². The third kappa shape index (κ3) is 4.55. The lowest BCUT2D eigenvalue weighted by Crippen LogP contribution is -2.30. The van der Waals surface area contributed by atoms with E-state index in [9.17, 15) is 9.18 Å². The van der Waals surface area contributed by atoms with Crippen molar-refractivity contribution in [3.8, 4) is 0 Å². The lowest BCUT2D eigenvalue weighted by Gasteiger charge is -2.17. The normalized spacial score (nSPS) is 11.4. The fourth-order valence-corrected chi connectivity index (χ4v) is 2.75. The first-order valence-corrected chi connectivity index (χ1v) is 8.42. The summed E-state index contributed by atoms with van der Waals surface area (Å²) in [5.74, 6) is -0.563. The van der Waals surface area contributed by atoms with Crippen molar-refractivity contribution in [2.24, 2.45) is 0 Å². The number of carbonyl (C=O) groups excluding carboxylic acids is 1. The number of hydrogen-bond acceptors (Lipinski definition) is 3. The maximum absolute atomic E-state index is 13.4. The van der Waals surface area contributed by atoms with Crippen LogP contribution in [0.15, 0.2) is 18.2 Å². The van der Waals surface area contributed by atoms with E-state index in [1.165, 1.54) is 12.1 Å². The number of likely N-dealkylation sites (N-methyl/N-ethyl adjacent to an activating group) is 1. The monoisotopic (exact) mass is 335 g/mol. The molecule has 0 bridgehead atoms. The van der Waals surface area contributed by atoms with Crippen LogP contribution in [-0.2, 0) is 4.74 Å². The minimum atomic E-state index is -0.352. The van der Waals surface area contributed by atoms with Crippen LogP contribution >= 0.6 is 0 Å². The molecular formula is C18H26FN3O2. The summed E-state index contributed by atoms with van der Waals surface area (Å²) < 4.78 is 19.0. The Bertz CT molecular complexity index is 680. The molecule has 132 valence electrons. The quantitative estimate of drug-likeness (QED) is 0.693. The van der Waals surface area contributed by atoms with Crippen LogP contribution in [0.5, 0.6) is 0 Å². The Labute approximate surface area is 142 Å². The number of ether oxygens (including phenoxy) is 1. The van der Waals surface area contributed by atoms with Gasteiger partial charge in [-0.25, -0.2) is 4.39 Å². The Morgan fingerprint density at radius 3 is 2.75 bits per heavy atom. The van der Waals surface area contributed by atoms with Gasteiger partial charge in [-0.05, 0) is 38.2 Å². The number of aromatic nitrogens is 1. The summed E-state index contributed by atoms with van der Waals surface area (Å²) in [7, 11) is 0. The van der Waals surface area contributed by atoms with Crippen molar-refractivity contribution < 1.29 is 13.9 Å². The lowest BCUT2D eigenvalue weighted by atomic mass is 10.1. The highest BCUT2D eigenvalue weighted by molar-refractivity contribution is 6.08. The van der Waals surface area contributed by atoms with Crippen molar-refractivity contribution in [2.45, 2.75) is 20.8 Å². The van der Waals surface area contributed by atoms with Crippen molar-refractivity contribution in [1.82, 2.24) is 15.2 Å². The van der Waals surface area contributed by atoms with E-state index >= 15 is 0 Å². The molecule has 0 aliphatic carbocycles. The van der Waals surface area contributed by atoms with Gasteiger partial charge in [0.05, 0.1) is 18.8 Å². The number of fused-ring (bicyclic) bond motifs is 1. The third-order valence-electron chi connectivity index (χ3n) is 4.15. The van der Waals surface area contributed by atoms with E-state index in [2.05, 4.69) is 29.0 Å². The molecule has 6 heteroatoms. The first-order valence-electron chi connectivity index (χ1n) is 8.42. The first kappa shape index (κ1) is 18.4. The summed E-state index contributed by atoms with van der Waals surface area (Å²) in [4.78, 5) is 17.8. The minimum absolute atomic E-state index is 0.211. The van der Waals surface area contributed by atoms with Gasteiger partial charge in [0.1, 0.15) is 5.82 Å². The maximum Gasteiger partial charge on any atom is 0.253 e. The number of aromatic amines is 1. The Kier molecular flexibility index (Phi) is 6.75. The number of nitrogens with zero attached hydrogens (tertiary/aromatic N) is 1. The smallest absolute Gasteiger partial charge is 0.253 e. The second-order valence-corrected chi connectivity index (χ2v) is 5.71. The van der Waals surface area contributed by atoms with Gasteiger partial charge in [0.15, 0.2) is 0 Å². The Balaban J connectivity index is 1.83. The fourth-order valence-electron chi connectivity index (χ4n) is 2.75. The predicted octanol–water partition coefficient (Wildman–Crippen LogP) is 2.70. The number of carbonyl (C=O) groups is 1. The zero-order valence-electron chi connectivity index (χ0n) is 14.6. The number of rotatable bonds is 9. The number of halogens is 1. The van der Waals surface area contributed by atoms with Crippen LogP contribution in [-0.4, -0.2) is 55.2 Å². The van der Waals surface area contributed by atoms with E-state index in [4.69, 9.17) is 4.74 Å². The van der Waals surface area contributed by atoms with Crippen molar-refractivity contribution >= 4 is 16.8 Å². The lowest BCUT2D eigenvalue weighted by molar-refractivity contribution is 0.0885. The van der Waals surface area contributed by atoms with Gasteiger partial charge in [0, 0.05) is 29.7 Å². The molecule has 0 aliphatic heterocycles. The molecule has 2 rings (SSSR count). The molecule has 0 spiro atoms. The SMILES string of the molecule is CCN(CC)CCOCCNC(=O)c1c(C)[nH]c2ccc(F)cc12. The van der Waals surface area contributed by atoms with Gasteiger partial charge in [0.2, 0.25) is 0 Å². The third-order valence-corrected chi connectivity index (χ3v) is 4.15. The molecular weight excluding hydrogens is 309 g/mol. The molecule has 1 aromatic carbocycles. The summed E-state index contributed by atoms with van der Waals surface area (Å²) >= 11 is 0. The summed E-state index contributed by atoms with van der Waals surface area (Å²) in [6.07, 6.45) is 0. The molecule has 0 saturated carbocycles. The second-order valence-electron chi connectivity index (χ2n) is 5.71. The number of aryl methyl sites for hydroxylation is 1. The Morgan fingerprint density at radius 2 is 2.04 bits per heavy atom. The number of amides is 1. The number of benzene rings is 1. The number of H-pyrrole nitrogens is 1. The van der Waals surface area contributed by atoms with Crippen LogP contribution in [0.1, 0.15) is 29.9 Å². The highest BCUT2D eigenvalue weighted by Crippen LogP contribution is 2.22. The fraction of sp³-hybridized carbons (Fsp3) is 0.500. The predicted molar refractivity (Wildman–Crippen MR) is 93.9 cm³/mol. The van der Waals surface area contributed by atoms with Gasteiger partial charge in [-0.15, -0.1) is 0 Å². The van der Waals surface area contributed by atoms with Crippen molar-refractivity contribution in [3.05, 3.63) is 35.3 Å². The highest BCUT2D eigenvalue weighted by atomic mass is 19.1. The molecule has 0 unspecified atom stereocenters. The molecule has 0 aliphatic rings. The van der Waals surface area contributed by atoms with E-state index in [0.29, 0.717) is 30.7 Å². The molecule has 1 aromatic heterocycles. The summed E-state index contributed by atoms with van der Waals surface area (Å²) in [6.45, 7) is 10.5. The largest absolute Gasteiger partial charge is 0.378 e. The van der Waals surface area contributed by atoms with Crippen LogP contribution in [0.2, 0.25) is 0 Å². The van der Waals surface area contributed by atoms with Crippen molar-refractivity contribution in [2.75, 3.05) is 39.4 Å². The van der Waals surface area contributed by atoms with Gasteiger partial charge in [-0.1, -0.05) is 13.8 Å². The van der Waals surface area contributed by atoms with Crippen LogP contribution in [0.3, 0.4) is 0 Å². The van der Waals surface area contributed by atoms with Crippen molar-refractivity contribution in [3.63, 3.8) is 0 Å². The zero-order chi connectivity index (χ0) is 17.5. The van der Waals surface area contributed by atoms with Gasteiger partial charge >= 0.3 is 0 Å². The average molecular weight is 335 g/mol. The minimum Gasteiger partial charge on any atom is -0.378 e. The van der Waals surface area contributed by atoms with Crippen LogP contribution in [0.4, 0.5) is 4.39 Å². The topological polar surface area (TPSA) is 57.4 Å². The first-order chi connectivity index (χ1) is 11.6. The van der Waals surface area contributed by atoms with E-state index in [-0.39, 0.29) is 11.7 Å². The van der Waals surface area contributed by atoms with Crippen LogP contribution in [0.25, 0.3) is 10.9 Å². The maximum atomic E-state index is 13.4. The molecule has 2 aromatic rings. The summed E-state index contributed by atoms with van der Waals surface area (Å²) in [5.41, 5.74) is 1.98. The Hall–Kier alpha value is -1.92. The molecule has 1 heterocycles. The Morgan fingerprint density at radius 1 is 1.29 bits per heavy atom. The van der Waals surface area contributed by atoms with Crippen molar-refractivity contribution in [1.29, 1.82) is 0 Å². The van der Waals surface area contributed by atoms with E-state index < -0.39 is 0 Å². The van der Waals surface area contributed by atoms with Crippen LogP contribution in [0, 0.1) is 12.7 Å². The molecule has 1 amide bonds. The van der Waals surface area contributed by atoms with E-state index in [1.54, 1.807) is 6.07 Å². The summed E-state index contributed by atoms with van der Waals surface area (Å²) in [6, 6.07) is 4.41. The van der Waals surface area contributed by atoms with E-state index in [1.807, 2.05) is 6.92 Å².